The molecule has 0 saturated heterocycles. The summed E-state index contributed by atoms with van der Waals surface area (Å²) in [5.74, 6) is -2.26. The molecule has 0 saturated carbocycles. The highest BCUT2D eigenvalue weighted by molar-refractivity contribution is 6.08. The molecule has 3 aromatic carbocycles. The predicted molar refractivity (Wildman–Crippen MR) is 157 cm³/mol. The highest BCUT2D eigenvalue weighted by Crippen LogP contribution is 2.48. The lowest BCUT2D eigenvalue weighted by Gasteiger charge is -2.35. The number of rotatable bonds is 12. The smallest absolute Gasteiger partial charge is 0.305 e. The van der Waals surface area contributed by atoms with Crippen LogP contribution in [0.2, 0.25) is 0 Å². The van der Waals surface area contributed by atoms with Crippen molar-refractivity contribution < 1.29 is 29.3 Å². The van der Waals surface area contributed by atoms with Crippen molar-refractivity contribution in [2.24, 2.45) is 11.8 Å². The normalized spacial score (nSPS) is 18.4. The largest absolute Gasteiger partial charge is 0.481 e. The van der Waals surface area contributed by atoms with E-state index in [1.807, 2.05) is 74.5 Å². The summed E-state index contributed by atoms with van der Waals surface area (Å²) < 4.78 is 14.0. The Labute approximate surface area is 240 Å². The lowest BCUT2D eigenvalue weighted by Crippen LogP contribution is -2.43. The molecule has 0 aromatic heterocycles. The molecule has 4 N–H and O–H groups in total. The van der Waals surface area contributed by atoms with Crippen LogP contribution in [0.25, 0.3) is 11.3 Å². The van der Waals surface area contributed by atoms with E-state index in [4.69, 9.17) is 5.11 Å². The Bertz CT molecular complexity index is 1350. The first-order valence-corrected chi connectivity index (χ1v) is 13.9. The van der Waals surface area contributed by atoms with Crippen LogP contribution >= 0.6 is 0 Å². The number of carboxylic acids is 1. The van der Waals surface area contributed by atoms with Crippen molar-refractivity contribution in [3.63, 3.8) is 0 Å². The van der Waals surface area contributed by atoms with Gasteiger partial charge in [0.2, 0.25) is 5.91 Å². The number of hydrogen-bond donors (Lipinski definition) is 4. The van der Waals surface area contributed by atoms with Gasteiger partial charge in [0.05, 0.1) is 24.5 Å². The number of benzene rings is 3. The third-order valence-electron chi connectivity index (χ3n) is 7.42. The van der Waals surface area contributed by atoms with E-state index in [-0.39, 0.29) is 36.5 Å². The first-order chi connectivity index (χ1) is 19.7. The first kappa shape index (κ1) is 30.0. The zero-order valence-electron chi connectivity index (χ0n) is 23.3. The van der Waals surface area contributed by atoms with E-state index in [1.165, 1.54) is 12.1 Å². The molecule has 3 aromatic rings. The molecule has 1 aliphatic heterocycles. The summed E-state index contributed by atoms with van der Waals surface area (Å²) >= 11 is 0. The van der Waals surface area contributed by atoms with E-state index in [0.717, 1.165) is 22.4 Å². The van der Waals surface area contributed by atoms with Gasteiger partial charge in [-0.3, -0.25) is 9.59 Å². The second kappa shape index (κ2) is 13.6. The van der Waals surface area contributed by atoms with Gasteiger partial charge in [-0.1, -0.05) is 62.4 Å². The van der Waals surface area contributed by atoms with E-state index < -0.39 is 30.5 Å². The molecular weight excluding hydrogens is 523 g/mol. The molecular formula is C33H37FN2O5. The minimum Gasteiger partial charge on any atom is -0.481 e. The number of para-hydroxylation sites is 1. The van der Waals surface area contributed by atoms with Gasteiger partial charge in [-0.25, -0.2) is 4.39 Å². The van der Waals surface area contributed by atoms with Crippen LogP contribution in [0.3, 0.4) is 0 Å². The molecule has 7 nitrogen and oxygen atoms in total. The zero-order chi connectivity index (χ0) is 29.5. The van der Waals surface area contributed by atoms with Crippen LogP contribution in [0.5, 0.6) is 0 Å². The maximum absolute atomic E-state index is 14.1. The summed E-state index contributed by atoms with van der Waals surface area (Å²) in [6, 6.07) is 24.8. The molecule has 1 amide bonds. The number of hydrogen-bond acceptors (Lipinski definition) is 5. The fourth-order valence-corrected chi connectivity index (χ4v) is 5.70. The van der Waals surface area contributed by atoms with Gasteiger partial charge in [-0.15, -0.1) is 0 Å². The number of nitrogens with zero attached hydrogens (tertiary/aromatic N) is 1. The van der Waals surface area contributed by atoms with Crippen LogP contribution in [-0.4, -0.2) is 56.9 Å². The molecule has 1 unspecified atom stereocenters. The Balaban J connectivity index is 1.79. The third-order valence-corrected chi connectivity index (χ3v) is 7.42. The highest BCUT2D eigenvalue weighted by Gasteiger charge is 2.46. The van der Waals surface area contributed by atoms with Gasteiger partial charge in [-0.05, 0) is 71.9 Å². The lowest BCUT2D eigenvalue weighted by molar-refractivity contribution is -0.139. The first-order valence-electron chi connectivity index (χ1n) is 13.9. The maximum Gasteiger partial charge on any atom is 0.305 e. The van der Waals surface area contributed by atoms with Crippen LogP contribution in [0.1, 0.15) is 44.2 Å². The van der Waals surface area contributed by atoms with Crippen LogP contribution in [0.4, 0.5) is 10.1 Å². The van der Waals surface area contributed by atoms with Gasteiger partial charge in [0.25, 0.3) is 0 Å². The number of anilines is 1. The number of aliphatic hydroxyl groups is 2. The summed E-state index contributed by atoms with van der Waals surface area (Å²) in [5, 5.41) is 32.9. The average Bonchev–Trinajstić information content (AvgIpc) is 3.28. The van der Waals surface area contributed by atoms with Crippen LogP contribution in [0, 0.1) is 17.7 Å². The van der Waals surface area contributed by atoms with E-state index in [2.05, 4.69) is 10.2 Å². The Hall–Kier alpha value is -4.01. The molecule has 8 heteroatoms. The van der Waals surface area contributed by atoms with Crippen LogP contribution in [0.15, 0.2) is 84.9 Å². The van der Waals surface area contributed by atoms with Crippen molar-refractivity contribution in [1.82, 2.24) is 4.90 Å². The molecule has 0 bridgehead atoms. The Kier molecular flexibility index (Phi) is 9.91. The van der Waals surface area contributed by atoms with Crippen molar-refractivity contribution >= 4 is 28.8 Å². The molecule has 0 spiro atoms. The van der Waals surface area contributed by atoms with Crippen LogP contribution in [-0.2, 0) is 9.59 Å². The zero-order valence-corrected chi connectivity index (χ0v) is 23.3. The third kappa shape index (κ3) is 7.39. The molecule has 1 aliphatic rings. The van der Waals surface area contributed by atoms with Crippen molar-refractivity contribution in [1.29, 1.82) is 0 Å². The molecule has 0 radical (unpaired) electrons. The van der Waals surface area contributed by atoms with Gasteiger partial charge in [-0.2, -0.15) is 0 Å². The molecule has 216 valence electrons. The Morgan fingerprint density at radius 3 is 2.07 bits per heavy atom. The van der Waals surface area contributed by atoms with E-state index in [0.29, 0.717) is 12.2 Å². The number of aliphatic carboxylic acids is 1. The lowest BCUT2D eigenvalue weighted by atomic mass is 9.83. The molecule has 0 aliphatic carbocycles. The number of carbonyl (C=O) groups excluding carboxylic acids is 1. The fraction of sp³-hybridized carbons (Fsp3) is 0.333. The average molecular weight is 561 g/mol. The SMILES string of the molecule is CC(C)[C@@H]1C(C(=O)Nc2ccccc2)C(c2ccccc2)=C(c2ccc(F)cc2)N1CC[C@@H](O)C[C@@H](O)CC(=O)O. The van der Waals surface area contributed by atoms with Gasteiger partial charge in [0.15, 0.2) is 0 Å². The summed E-state index contributed by atoms with van der Waals surface area (Å²) in [5.41, 5.74) is 3.88. The number of nitrogens with one attached hydrogen (secondary N) is 1. The number of carbonyl (C=O) groups is 2. The van der Waals surface area contributed by atoms with Crippen molar-refractivity contribution in [3.8, 4) is 0 Å². The summed E-state index contributed by atoms with van der Waals surface area (Å²) in [6.07, 6.45) is -2.41. The quantitative estimate of drug-likeness (QED) is 0.240. The second-order valence-electron chi connectivity index (χ2n) is 10.8. The molecule has 0 fully saturated rings. The molecule has 4 atom stereocenters. The van der Waals surface area contributed by atoms with Gasteiger partial charge < -0.3 is 25.5 Å². The van der Waals surface area contributed by atoms with Crippen LogP contribution < -0.4 is 5.32 Å². The summed E-state index contributed by atoms with van der Waals surface area (Å²) in [7, 11) is 0. The predicted octanol–water partition coefficient (Wildman–Crippen LogP) is 5.27. The molecule has 41 heavy (non-hydrogen) atoms. The minimum atomic E-state index is -1.17. The van der Waals surface area contributed by atoms with Crippen molar-refractivity contribution in [2.75, 3.05) is 11.9 Å². The van der Waals surface area contributed by atoms with Gasteiger partial charge in [0, 0.05) is 24.0 Å². The topological polar surface area (TPSA) is 110 Å². The van der Waals surface area contributed by atoms with Gasteiger partial charge >= 0.3 is 5.97 Å². The standard InChI is InChI=1S/C33H37FN2O5/c1-21(2)31-30(33(41)35-25-11-7-4-8-12-25)29(22-9-5-3-6-10-22)32(23-13-15-24(34)16-14-23)36(31)18-17-26(37)19-27(38)20-28(39)40/h3-16,21,26-27,30-31,37-38H,17-20H2,1-2H3,(H,35,41)(H,39,40)/t26-,27-,30?,31-/m1/s1. The second-order valence-corrected chi connectivity index (χ2v) is 10.8. The Morgan fingerprint density at radius 2 is 1.49 bits per heavy atom. The van der Waals surface area contributed by atoms with E-state index in [1.54, 1.807) is 12.1 Å². The maximum atomic E-state index is 14.1. The van der Waals surface area contributed by atoms with Gasteiger partial charge in [0.1, 0.15) is 5.82 Å². The number of halogens is 1. The van der Waals surface area contributed by atoms with Crippen molar-refractivity contribution in [2.45, 2.75) is 51.4 Å². The molecule has 1 heterocycles. The highest BCUT2D eigenvalue weighted by atomic mass is 19.1. The van der Waals surface area contributed by atoms with E-state index >= 15 is 0 Å². The fourth-order valence-electron chi connectivity index (χ4n) is 5.70. The van der Waals surface area contributed by atoms with E-state index in [9.17, 15) is 24.2 Å². The Morgan fingerprint density at radius 1 is 0.878 bits per heavy atom. The van der Waals surface area contributed by atoms with Crippen molar-refractivity contribution in [3.05, 3.63) is 102 Å². The minimum absolute atomic E-state index is 0.00734. The number of amides is 1. The summed E-state index contributed by atoms with van der Waals surface area (Å²) in [4.78, 5) is 27.2. The number of carboxylic acid groups (broad SMARTS) is 1. The summed E-state index contributed by atoms with van der Waals surface area (Å²) in [6.45, 7) is 4.43. The monoisotopic (exact) mass is 560 g/mol. The number of aliphatic hydroxyl groups excluding tert-OH is 2. The molecule has 4 rings (SSSR count).